The highest BCUT2D eigenvalue weighted by Gasteiger charge is 2.13. The van der Waals surface area contributed by atoms with Gasteiger partial charge in [0.1, 0.15) is 5.75 Å². The van der Waals surface area contributed by atoms with Crippen LogP contribution in [0.1, 0.15) is 11.1 Å². The van der Waals surface area contributed by atoms with Gasteiger partial charge in [-0.3, -0.25) is 9.59 Å². The number of hydrogen-bond donors (Lipinski definition) is 2. The van der Waals surface area contributed by atoms with E-state index in [1.807, 2.05) is 13.0 Å². The van der Waals surface area contributed by atoms with Gasteiger partial charge in [0.2, 0.25) is 0 Å². The summed E-state index contributed by atoms with van der Waals surface area (Å²) < 4.78 is 6.02. The van der Waals surface area contributed by atoms with E-state index in [2.05, 4.69) is 31.8 Å². The van der Waals surface area contributed by atoms with Crippen LogP contribution in [0.2, 0.25) is 5.02 Å². The number of carbonyl (C=O) groups is 2. The Kier molecular flexibility index (Phi) is 6.55. The van der Waals surface area contributed by atoms with Crippen molar-refractivity contribution in [3.63, 3.8) is 0 Å². The van der Waals surface area contributed by atoms with Gasteiger partial charge in [-0.05, 0) is 42.8 Å². The molecule has 0 saturated heterocycles. The van der Waals surface area contributed by atoms with E-state index in [1.54, 1.807) is 30.3 Å². The molecule has 6 nitrogen and oxygen atoms in total. The minimum absolute atomic E-state index is 0.424. The highest BCUT2D eigenvalue weighted by molar-refractivity contribution is 9.10. The van der Waals surface area contributed by atoms with Gasteiger partial charge in [0.15, 0.2) is 0 Å². The summed E-state index contributed by atoms with van der Waals surface area (Å²) >= 11 is 9.32. The number of nitrogens with one attached hydrogen (secondary N) is 2. The van der Waals surface area contributed by atoms with Crippen molar-refractivity contribution in [1.29, 1.82) is 0 Å². The summed E-state index contributed by atoms with van der Waals surface area (Å²) in [4.78, 5) is 23.7. The summed E-state index contributed by atoms with van der Waals surface area (Å²) in [5.41, 5.74) is 4.10. The number of halogens is 2. The molecule has 2 N–H and O–H groups in total. The maximum atomic E-state index is 11.9. The lowest BCUT2D eigenvalue weighted by molar-refractivity contribution is -0.136. The quantitative estimate of drug-likeness (QED) is 0.448. The molecule has 0 aromatic heterocycles. The first kappa shape index (κ1) is 19.0. The zero-order chi connectivity index (χ0) is 18.4. The molecule has 0 saturated carbocycles. The normalized spacial score (nSPS) is 10.6. The molecule has 0 radical (unpaired) electrons. The summed E-state index contributed by atoms with van der Waals surface area (Å²) in [6.07, 6.45) is 1.39. The Morgan fingerprint density at radius 2 is 1.96 bits per heavy atom. The first-order valence-electron chi connectivity index (χ1n) is 7.15. The molecule has 0 spiro atoms. The number of anilines is 1. The number of aryl methyl sites for hydroxylation is 1. The van der Waals surface area contributed by atoms with Crippen LogP contribution in [0.5, 0.6) is 5.75 Å². The smallest absolute Gasteiger partial charge is 0.329 e. The maximum absolute atomic E-state index is 11.9. The van der Waals surface area contributed by atoms with Crippen LogP contribution < -0.4 is 15.5 Å². The van der Waals surface area contributed by atoms with Crippen molar-refractivity contribution in [2.45, 2.75) is 6.92 Å². The monoisotopic (exact) mass is 423 g/mol. The SMILES string of the molecule is COc1ccc(Br)cc1/C=N\NC(=O)C(=O)Nc1ccc(C)c(Cl)c1. The van der Waals surface area contributed by atoms with E-state index in [9.17, 15) is 9.59 Å². The molecule has 2 aromatic rings. The molecular weight excluding hydrogens is 410 g/mol. The number of hydrazone groups is 1. The van der Waals surface area contributed by atoms with Crippen molar-refractivity contribution in [2.75, 3.05) is 12.4 Å². The predicted octanol–water partition coefficient (Wildman–Crippen LogP) is 3.51. The first-order chi connectivity index (χ1) is 11.9. The van der Waals surface area contributed by atoms with Crippen LogP contribution in [0, 0.1) is 6.92 Å². The number of methoxy groups -OCH3 is 1. The molecule has 0 bridgehead atoms. The van der Waals surface area contributed by atoms with E-state index < -0.39 is 11.8 Å². The number of hydrogen-bond acceptors (Lipinski definition) is 4. The van der Waals surface area contributed by atoms with E-state index in [1.165, 1.54) is 13.3 Å². The lowest BCUT2D eigenvalue weighted by Gasteiger charge is -2.06. The van der Waals surface area contributed by atoms with Gasteiger partial charge in [-0.1, -0.05) is 33.6 Å². The van der Waals surface area contributed by atoms with Crippen molar-refractivity contribution in [2.24, 2.45) is 5.10 Å². The topological polar surface area (TPSA) is 79.8 Å². The van der Waals surface area contributed by atoms with Crippen molar-refractivity contribution in [3.8, 4) is 5.75 Å². The number of benzene rings is 2. The van der Waals surface area contributed by atoms with Crippen molar-refractivity contribution >= 4 is 51.2 Å². The lowest BCUT2D eigenvalue weighted by atomic mass is 10.2. The van der Waals surface area contributed by atoms with Gasteiger partial charge in [-0.25, -0.2) is 5.43 Å². The molecule has 0 aliphatic rings. The zero-order valence-electron chi connectivity index (χ0n) is 13.5. The number of rotatable bonds is 4. The molecule has 0 aliphatic heterocycles. The fourth-order valence-corrected chi connectivity index (χ4v) is 2.44. The summed E-state index contributed by atoms with van der Waals surface area (Å²) in [5, 5.41) is 6.72. The molecule has 0 atom stereocenters. The number of ether oxygens (including phenoxy) is 1. The summed E-state index contributed by atoms with van der Waals surface area (Å²) in [7, 11) is 1.53. The maximum Gasteiger partial charge on any atom is 0.329 e. The van der Waals surface area contributed by atoms with Gasteiger partial charge in [-0.15, -0.1) is 0 Å². The van der Waals surface area contributed by atoms with E-state index >= 15 is 0 Å². The molecule has 0 unspecified atom stereocenters. The van der Waals surface area contributed by atoms with Crippen LogP contribution in [0.4, 0.5) is 5.69 Å². The number of amides is 2. The molecule has 25 heavy (non-hydrogen) atoms. The second-order valence-corrected chi connectivity index (χ2v) is 6.33. The molecule has 0 aliphatic carbocycles. The minimum atomic E-state index is -0.901. The van der Waals surface area contributed by atoms with Crippen LogP contribution in [0.15, 0.2) is 46.0 Å². The summed E-state index contributed by atoms with van der Waals surface area (Å²) in [5.74, 6) is -1.17. The van der Waals surface area contributed by atoms with E-state index in [0.29, 0.717) is 22.0 Å². The van der Waals surface area contributed by atoms with Crippen molar-refractivity contribution in [1.82, 2.24) is 5.43 Å². The van der Waals surface area contributed by atoms with Crippen LogP contribution in [-0.4, -0.2) is 25.1 Å². The van der Waals surface area contributed by atoms with E-state index in [4.69, 9.17) is 16.3 Å². The Balaban J connectivity index is 1.98. The predicted molar refractivity (Wildman–Crippen MR) is 101 cm³/mol. The van der Waals surface area contributed by atoms with Gasteiger partial charge in [0, 0.05) is 20.7 Å². The van der Waals surface area contributed by atoms with Gasteiger partial charge >= 0.3 is 11.8 Å². The Hall–Kier alpha value is -2.38. The Morgan fingerprint density at radius 3 is 2.64 bits per heavy atom. The van der Waals surface area contributed by atoms with Crippen LogP contribution in [-0.2, 0) is 9.59 Å². The second kappa shape index (κ2) is 8.64. The third-order valence-electron chi connectivity index (χ3n) is 3.20. The average molecular weight is 425 g/mol. The van der Waals surface area contributed by atoms with Crippen molar-refractivity contribution < 1.29 is 14.3 Å². The minimum Gasteiger partial charge on any atom is -0.496 e. The first-order valence-corrected chi connectivity index (χ1v) is 8.32. The molecule has 0 heterocycles. The fourth-order valence-electron chi connectivity index (χ4n) is 1.88. The molecule has 2 rings (SSSR count). The largest absolute Gasteiger partial charge is 0.496 e. The second-order valence-electron chi connectivity index (χ2n) is 5.00. The molecule has 0 fully saturated rings. The fraction of sp³-hybridized carbons (Fsp3) is 0.118. The van der Waals surface area contributed by atoms with Crippen LogP contribution in [0.25, 0.3) is 0 Å². The summed E-state index contributed by atoms with van der Waals surface area (Å²) in [6.45, 7) is 1.84. The lowest BCUT2D eigenvalue weighted by Crippen LogP contribution is -2.32. The molecule has 130 valence electrons. The molecule has 2 amide bonds. The number of carbonyl (C=O) groups excluding carboxylic acids is 2. The Bertz CT molecular complexity index is 840. The standard InChI is InChI=1S/C17H15BrClN3O3/c1-10-3-5-13(8-14(10)19)21-16(23)17(24)22-20-9-11-7-12(18)4-6-15(11)25-2/h3-9H,1-2H3,(H,21,23)(H,22,24)/b20-9-. The van der Waals surface area contributed by atoms with Crippen LogP contribution >= 0.6 is 27.5 Å². The third-order valence-corrected chi connectivity index (χ3v) is 4.10. The van der Waals surface area contributed by atoms with Crippen LogP contribution in [0.3, 0.4) is 0 Å². The van der Waals surface area contributed by atoms with Crippen molar-refractivity contribution in [3.05, 3.63) is 57.0 Å². The zero-order valence-corrected chi connectivity index (χ0v) is 15.8. The van der Waals surface area contributed by atoms with Gasteiger partial charge in [-0.2, -0.15) is 5.10 Å². The summed E-state index contributed by atoms with van der Waals surface area (Å²) in [6, 6.07) is 10.3. The molecule has 8 heteroatoms. The molecular formula is C17H15BrClN3O3. The van der Waals surface area contributed by atoms with Gasteiger partial charge < -0.3 is 10.1 Å². The Labute approximate surface area is 158 Å². The average Bonchev–Trinajstić information content (AvgIpc) is 2.58. The number of nitrogens with zero attached hydrogens (tertiary/aromatic N) is 1. The van der Waals surface area contributed by atoms with Gasteiger partial charge in [0.05, 0.1) is 13.3 Å². The van der Waals surface area contributed by atoms with Gasteiger partial charge in [0.25, 0.3) is 0 Å². The van der Waals surface area contributed by atoms with E-state index in [0.717, 1.165) is 10.0 Å². The highest BCUT2D eigenvalue weighted by atomic mass is 79.9. The third kappa shape index (κ3) is 5.30. The van der Waals surface area contributed by atoms with E-state index in [-0.39, 0.29) is 0 Å². The highest BCUT2D eigenvalue weighted by Crippen LogP contribution is 2.21. The Morgan fingerprint density at radius 1 is 1.20 bits per heavy atom. The molecule has 2 aromatic carbocycles.